The molecule has 0 radical (unpaired) electrons. The molecule has 0 fully saturated rings. The van der Waals surface area contributed by atoms with Crippen LogP contribution in [-0.2, 0) is 16.4 Å². The van der Waals surface area contributed by atoms with Crippen molar-refractivity contribution in [3.8, 4) is 0 Å². The molecule has 0 saturated heterocycles. The molecule has 4 nitrogen and oxygen atoms in total. The summed E-state index contributed by atoms with van der Waals surface area (Å²) in [6.45, 7) is 3.92. The maximum Gasteiger partial charge on any atom is 0.240 e. The fourth-order valence-electron chi connectivity index (χ4n) is 1.36. The number of sulfonamides is 1. The van der Waals surface area contributed by atoms with Crippen LogP contribution in [-0.4, -0.2) is 28.6 Å². The molecule has 0 atom stereocenters. The third kappa shape index (κ3) is 3.59. The van der Waals surface area contributed by atoms with Crippen LogP contribution >= 0.6 is 0 Å². The molecular weight excluding hydrogens is 224 g/mol. The van der Waals surface area contributed by atoms with Gasteiger partial charge in [-0.1, -0.05) is 19.1 Å². The Morgan fingerprint density at radius 2 is 1.81 bits per heavy atom. The Bertz CT molecular complexity index is 412. The molecule has 1 rings (SSSR count). The molecule has 0 aliphatic carbocycles. The van der Waals surface area contributed by atoms with Crippen LogP contribution in [0.25, 0.3) is 0 Å². The number of hydrogen-bond acceptors (Lipinski definition) is 3. The number of likely N-dealkylation sites (N-methyl/N-ethyl adjacent to an activating group) is 1. The van der Waals surface area contributed by atoms with Gasteiger partial charge in [0.1, 0.15) is 0 Å². The Hall–Kier alpha value is -0.910. The minimum absolute atomic E-state index is 0.308. The van der Waals surface area contributed by atoms with Crippen LogP contribution in [0, 0.1) is 0 Å². The summed E-state index contributed by atoms with van der Waals surface area (Å²) >= 11 is 0. The predicted octanol–water partition coefficient (Wildman–Crippen LogP) is 0.747. The zero-order valence-corrected chi connectivity index (χ0v) is 10.5. The van der Waals surface area contributed by atoms with Gasteiger partial charge in [0.25, 0.3) is 0 Å². The van der Waals surface area contributed by atoms with E-state index in [1.165, 1.54) is 7.05 Å². The summed E-state index contributed by atoms with van der Waals surface area (Å²) in [7, 11) is -1.89. The summed E-state index contributed by atoms with van der Waals surface area (Å²) < 4.78 is 25.2. The van der Waals surface area contributed by atoms with Crippen LogP contribution < -0.4 is 10.0 Å². The number of nitrogens with one attached hydrogen (secondary N) is 2. The monoisotopic (exact) mass is 242 g/mol. The number of rotatable bonds is 6. The van der Waals surface area contributed by atoms with Gasteiger partial charge in [0, 0.05) is 0 Å². The molecule has 0 unspecified atom stereocenters. The van der Waals surface area contributed by atoms with Gasteiger partial charge in [0.15, 0.2) is 0 Å². The summed E-state index contributed by atoms with van der Waals surface area (Å²) in [5.74, 6) is 0. The van der Waals surface area contributed by atoms with Gasteiger partial charge in [-0.3, -0.25) is 0 Å². The van der Waals surface area contributed by atoms with Crippen molar-refractivity contribution < 1.29 is 8.42 Å². The highest BCUT2D eigenvalue weighted by molar-refractivity contribution is 7.89. The SMILES string of the molecule is CCNCCc1ccc(S(=O)(=O)NC)cc1. The molecule has 16 heavy (non-hydrogen) atoms. The number of benzene rings is 1. The highest BCUT2D eigenvalue weighted by Crippen LogP contribution is 2.10. The number of hydrogen-bond donors (Lipinski definition) is 2. The van der Waals surface area contributed by atoms with Crippen LogP contribution in [0.3, 0.4) is 0 Å². The summed E-state index contributed by atoms with van der Waals surface area (Å²) in [5, 5.41) is 3.22. The van der Waals surface area contributed by atoms with Crippen LogP contribution in [0.15, 0.2) is 29.2 Å². The molecule has 0 amide bonds. The molecule has 0 aromatic heterocycles. The van der Waals surface area contributed by atoms with E-state index < -0.39 is 10.0 Å². The Morgan fingerprint density at radius 1 is 1.19 bits per heavy atom. The lowest BCUT2D eigenvalue weighted by atomic mass is 10.1. The van der Waals surface area contributed by atoms with Crippen molar-refractivity contribution in [1.29, 1.82) is 0 Å². The first-order valence-electron chi connectivity index (χ1n) is 5.33. The topological polar surface area (TPSA) is 58.2 Å². The average Bonchev–Trinajstić information content (AvgIpc) is 2.30. The van der Waals surface area contributed by atoms with E-state index in [-0.39, 0.29) is 0 Å². The van der Waals surface area contributed by atoms with Crippen molar-refractivity contribution in [3.63, 3.8) is 0 Å². The van der Waals surface area contributed by atoms with Crippen molar-refractivity contribution >= 4 is 10.0 Å². The lowest BCUT2D eigenvalue weighted by Gasteiger charge is -2.05. The van der Waals surface area contributed by atoms with Crippen LogP contribution in [0.1, 0.15) is 12.5 Å². The fraction of sp³-hybridized carbons (Fsp3) is 0.455. The zero-order chi connectivity index (χ0) is 12.0. The first kappa shape index (κ1) is 13.2. The maximum atomic E-state index is 11.4. The van der Waals surface area contributed by atoms with Gasteiger partial charge in [-0.25, -0.2) is 13.1 Å². The van der Waals surface area contributed by atoms with E-state index in [0.29, 0.717) is 4.90 Å². The average molecular weight is 242 g/mol. The van der Waals surface area contributed by atoms with Crippen molar-refractivity contribution in [1.82, 2.24) is 10.0 Å². The van der Waals surface area contributed by atoms with Gasteiger partial charge in [0.2, 0.25) is 10.0 Å². The third-order valence-electron chi connectivity index (χ3n) is 2.34. The molecule has 0 aliphatic heterocycles. The molecule has 1 aromatic carbocycles. The van der Waals surface area contributed by atoms with Crippen molar-refractivity contribution in [2.24, 2.45) is 0 Å². The van der Waals surface area contributed by atoms with E-state index in [9.17, 15) is 8.42 Å². The largest absolute Gasteiger partial charge is 0.317 e. The molecule has 0 aliphatic rings. The van der Waals surface area contributed by atoms with E-state index >= 15 is 0 Å². The molecule has 0 spiro atoms. The predicted molar refractivity (Wildman–Crippen MR) is 64.9 cm³/mol. The molecule has 2 N–H and O–H groups in total. The summed E-state index contributed by atoms with van der Waals surface area (Å²) in [4.78, 5) is 0.308. The fourth-order valence-corrected chi connectivity index (χ4v) is 2.09. The van der Waals surface area contributed by atoms with Gasteiger partial charge < -0.3 is 5.32 Å². The van der Waals surface area contributed by atoms with E-state index in [1.807, 2.05) is 12.1 Å². The van der Waals surface area contributed by atoms with Gasteiger partial charge in [-0.2, -0.15) is 0 Å². The van der Waals surface area contributed by atoms with E-state index in [2.05, 4.69) is 17.0 Å². The molecule has 0 bridgehead atoms. The summed E-state index contributed by atoms with van der Waals surface area (Å²) in [5.41, 5.74) is 1.14. The quantitative estimate of drug-likeness (QED) is 0.724. The Labute approximate surface area is 97.1 Å². The molecule has 5 heteroatoms. The second-order valence-electron chi connectivity index (χ2n) is 3.46. The lowest BCUT2D eigenvalue weighted by Crippen LogP contribution is -2.18. The van der Waals surface area contributed by atoms with Gasteiger partial charge in [0.05, 0.1) is 4.90 Å². The van der Waals surface area contributed by atoms with E-state index in [0.717, 1.165) is 25.1 Å². The second-order valence-corrected chi connectivity index (χ2v) is 5.34. The van der Waals surface area contributed by atoms with Crippen molar-refractivity contribution in [3.05, 3.63) is 29.8 Å². The van der Waals surface area contributed by atoms with Crippen LogP contribution in [0.2, 0.25) is 0 Å². The maximum absolute atomic E-state index is 11.4. The second kappa shape index (κ2) is 5.98. The third-order valence-corrected chi connectivity index (χ3v) is 3.77. The van der Waals surface area contributed by atoms with Crippen LogP contribution in [0.5, 0.6) is 0 Å². The zero-order valence-electron chi connectivity index (χ0n) is 9.66. The normalized spacial score (nSPS) is 11.6. The molecular formula is C11H18N2O2S. The lowest BCUT2D eigenvalue weighted by molar-refractivity contribution is 0.588. The van der Waals surface area contributed by atoms with Crippen molar-refractivity contribution in [2.75, 3.05) is 20.1 Å². The summed E-state index contributed by atoms with van der Waals surface area (Å²) in [6.07, 6.45) is 0.910. The molecule has 1 aromatic rings. The minimum Gasteiger partial charge on any atom is -0.317 e. The Kier molecular flexibility index (Phi) is 4.92. The standard InChI is InChI=1S/C11H18N2O2S/c1-3-13-9-8-10-4-6-11(7-5-10)16(14,15)12-2/h4-7,12-13H,3,8-9H2,1-2H3. The summed E-state index contributed by atoms with van der Waals surface area (Å²) in [6, 6.07) is 6.96. The molecule has 90 valence electrons. The highest BCUT2D eigenvalue weighted by Gasteiger charge is 2.09. The first-order chi connectivity index (χ1) is 7.60. The molecule has 0 saturated carbocycles. The minimum atomic E-state index is -3.31. The smallest absolute Gasteiger partial charge is 0.240 e. The van der Waals surface area contributed by atoms with Gasteiger partial charge in [-0.05, 0) is 44.3 Å². The van der Waals surface area contributed by atoms with E-state index in [1.54, 1.807) is 12.1 Å². The molecule has 0 heterocycles. The Morgan fingerprint density at radius 3 is 2.31 bits per heavy atom. The van der Waals surface area contributed by atoms with Gasteiger partial charge in [-0.15, -0.1) is 0 Å². The van der Waals surface area contributed by atoms with Gasteiger partial charge >= 0.3 is 0 Å². The van der Waals surface area contributed by atoms with E-state index in [4.69, 9.17) is 0 Å². The highest BCUT2D eigenvalue weighted by atomic mass is 32.2. The van der Waals surface area contributed by atoms with Crippen molar-refractivity contribution in [2.45, 2.75) is 18.2 Å². The Balaban J connectivity index is 2.68. The first-order valence-corrected chi connectivity index (χ1v) is 6.81. The van der Waals surface area contributed by atoms with Crippen LogP contribution in [0.4, 0.5) is 0 Å².